The quantitative estimate of drug-likeness (QED) is 0.834. The topological polar surface area (TPSA) is 46.3 Å². The first-order valence-corrected chi connectivity index (χ1v) is 7.98. The number of hydrogen-bond acceptors (Lipinski definition) is 4. The largest absolute Gasteiger partial charge is 0.361 e. The number of aryl methyl sites for hydroxylation is 2. The summed E-state index contributed by atoms with van der Waals surface area (Å²) in [6, 6.07) is 2.04. The van der Waals surface area contributed by atoms with Crippen LogP contribution in [0.1, 0.15) is 34.7 Å². The zero-order valence-electron chi connectivity index (χ0n) is 11.9. The lowest BCUT2D eigenvalue weighted by atomic mass is 9.98. The number of rotatable bonds is 4. The van der Waals surface area contributed by atoms with Crippen molar-refractivity contribution in [2.45, 2.75) is 33.2 Å². The number of hydrogen-bond donors (Lipinski definition) is 0. The van der Waals surface area contributed by atoms with Gasteiger partial charge in [0.25, 0.3) is 0 Å². The number of halogens is 1. The van der Waals surface area contributed by atoms with Crippen molar-refractivity contribution in [1.29, 1.82) is 0 Å². The molecule has 2 aromatic heterocycles. The predicted molar refractivity (Wildman–Crippen MR) is 82.9 cm³/mol. The van der Waals surface area contributed by atoms with E-state index in [0.29, 0.717) is 6.54 Å². The molecule has 1 amide bonds. The summed E-state index contributed by atoms with van der Waals surface area (Å²) >= 11 is 5.06. The molecule has 0 aliphatic heterocycles. The van der Waals surface area contributed by atoms with Crippen LogP contribution < -0.4 is 0 Å². The summed E-state index contributed by atoms with van der Waals surface area (Å²) in [5.74, 6) is 0.550. The van der Waals surface area contributed by atoms with E-state index < -0.39 is 0 Å². The standard InChI is InChI=1S/C14H17BrN2O2S/c1-8(13-9(2)16-19-10(13)3)14(18)17(4)6-12-5-11(15)7-20-12/h5,7-8H,6H2,1-4H3. The first-order valence-electron chi connectivity index (χ1n) is 6.30. The number of amides is 1. The summed E-state index contributed by atoms with van der Waals surface area (Å²) in [5.41, 5.74) is 1.69. The zero-order chi connectivity index (χ0) is 14.9. The number of likely N-dealkylation sites (N-methyl/N-ethyl adjacent to an activating group) is 1. The van der Waals surface area contributed by atoms with E-state index in [4.69, 9.17) is 4.52 Å². The van der Waals surface area contributed by atoms with Gasteiger partial charge in [-0.2, -0.15) is 0 Å². The van der Waals surface area contributed by atoms with Crippen molar-refractivity contribution in [3.63, 3.8) is 0 Å². The minimum atomic E-state index is -0.241. The molecular weight excluding hydrogens is 340 g/mol. The van der Waals surface area contributed by atoms with Gasteiger partial charge in [-0.05, 0) is 42.8 Å². The Hall–Kier alpha value is -1.14. The van der Waals surface area contributed by atoms with Crippen molar-refractivity contribution in [3.8, 4) is 0 Å². The fraction of sp³-hybridized carbons (Fsp3) is 0.429. The van der Waals surface area contributed by atoms with Crippen LogP contribution in [0.3, 0.4) is 0 Å². The molecule has 20 heavy (non-hydrogen) atoms. The monoisotopic (exact) mass is 356 g/mol. The third kappa shape index (κ3) is 3.12. The predicted octanol–water partition coefficient (Wildman–Crippen LogP) is 3.88. The lowest BCUT2D eigenvalue weighted by Crippen LogP contribution is -2.30. The molecule has 0 aliphatic rings. The molecule has 108 valence electrons. The Bertz CT molecular complexity index is 601. The molecule has 0 saturated carbocycles. The van der Waals surface area contributed by atoms with E-state index in [1.165, 1.54) is 0 Å². The van der Waals surface area contributed by atoms with Crippen molar-refractivity contribution < 1.29 is 9.32 Å². The lowest BCUT2D eigenvalue weighted by molar-refractivity contribution is -0.131. The van der Waals surface area contributed by atoms with Crippen LogP contribution in [-0.2, 0) is 11.3 Å². The number of thiophene rings is 1. The third-order valence-electron chi connectivity index (χ3n) is 3.28. The summed E-state index contributed by atoms with van der Waals surface area (Å²) in [5, 5.41) is 5.94. The average molecular weight is 357 g/mol. The maximum absolute atomic E-state index is 12.5. The Morgan fingerprint density at radius 1 is 1.55 bits per heavy atom. The highest BCUT2D eigenvalue weighted by molar-refractivity contribution is 9.10. The molecule has 0 N–H and O–H groups in total. The van der Waals surface area contributed by atoms with Crippen LogP contribution in [0.5, 0.6) is 0 Å². The van der Waals surface area contributed by atoms with Crippen LogP contribution in [0.15, 0.2) is 20.4 Å². The second kappa shape index (κ2) is 6.10. The Morgan fingerprint density at radius 2 is 2.25 bits per heavy atom. The van der Waals surface area contributed by atoms with Crippen LogP contribution in [0.25, 0.3) is 0 Å². The zero-order valence-corrected chi connectivity index (χ0v) is 14.3. The summed E-state index contributed by atoms with van der Waals surface area (Å²) in [6.45, 7) is 6.22. The van der Waals surface area contributed by atoms with Crippen molar-refractivity contribution in [1.82, 2.24) is 10.1 Å². The maximum Gasteiger partial charge on any atom is 0.230 e. The lowest BCUT2D eigenvalue weighted by Gasteiger charge is -2.20. The van der Waals surface area contributed by atoms with Gasteiger partial charge in [0.15, 0.2) is 0 Å². The van der Waals surface area contributed by atoms with Gasteiger partial charge in [-0.1, -0.05) is 5.16 Å². The minimum absolute atomic E-state index is 0.0731. The van der Waals surface area contributed by atoms with Gasteiger partial charge in [0.2, 0.25) is 5.91 Å². The third-order valence-corrected chi connectivity index (χ3v) is 4.97. The highest BCUT2D eigenvalue weighted by atomic mass is 79.9. The van der Waals surface area contributed by atoms with Gasteiger partial charge in [-0.3, -0.25) is 4.79 Å². The van der Waals surface area contributed by atoms with Crippen molar-refractivity contribution in [3.05, 3.63) is 37.8 Å². The van der Waals surface area contributed by atoms with Crippen molar-refractivity contribution in [2.24, 2.45) is 0 Å². The molecule has 0 saturated heterocycles. The van der Waals surface area contributed by atoms with Crippen LogP contribution in [0, 0.1) is 13.8 Å². The second-order valence-electron chi connectivity index (χ2n) is 4.89. The summed E-state index contributed by atoms with van der Waals surface area (Å²) < 4.78 is 6.20. The number of nitrogens with zero attached hydrogens (tertiary/aromatic N) is 2. The van der Waals surface area contributed by atoms with E-state index in [0.717, 1.165) is 26.4 Å². The molecule has 4 nitrogen and oxygen atoms in total. The van der Waals surface area contributed by atoms with Gasteiger partial charge in [0.1, 0.15) is 5.76 Å². The minimum Gasteiger partial charge on any atom is -0.361 e. The normalized spacial score (nSPS) is 12.4. The Kier molecular flexibility index (Phi) is 4.65. The smallest absolute Gasteiger partial charge is 0.230 e. The number of aromatic nitrogens is 1. The van der Waals surface area contributed by atoms with Gasteiger partial charge < -0.3 is 9.42 Å². The molecule has 0 fully saturated rings. The van der Waals surface area contributed by atoms with E-state index >= 15 is 0 Å². The fourth-order valence-corrected chi connectivity index (χ4v) is 3.81. The molecule has 2 aromatic rings. The summed E-state index contributed by atoms with van der Waals surface area (Å²) in [4.78, 5) is 15.4. The fourth-order valence-electron chi connectivity index (χ4n) is 2.31. The first kappa shape index (κ1) is 15.3. The first-order chi connectivity index (χ1) is 9.40. The van der Waals surface area contributed by atoms with Crippen LogP contribution in [0.2, 0.25) is 0 Å². The van der Waals surface area contributed by atoms with Crippen LogP contribution in [-0.4, -0.2) is 23.0 Å². The van der Waals surface area contributed by atoms with Crippen LogP contribution in [0.4, 0.5) is 0 Å². The van der Waals surface area contributed by atoms with Crippen molar-refractivity contribution in [2.75, 3.05) is 7.05 Å². The van der Waals surface area contributed by atoms with Gasteiger partial charge in [-0.15, -0.1) is 11.3 Å². The van der Waals surface area contributed by atoms with E-state index in [-0.39, 0.29) is 11.8 Å². The summed E-state index contributed by atoms with van der Waals surface area (Å²) in [7, 11) is 1.82. The molecule has 2 heterocycles. The Labute approximate surface area is 130 Å². The molecule has 0 aliphatic carbocycles. The molecule has 2 rings (SSSR count). The summed E-state index contributed by atoms with van der Waals surface area (Å²) in [6.07, 6.45) is 0. The van der Waals surface area contributed by atoms with Crippen molar-refractivity contribution >= 4 is 33.2 Å². The van der Waals surface area contributed by atoms with E-state index in [1.54, 1.807) is 16.2 Å². The van der Waals surface area contributed by atoms with Crippen LogP contribution >= 0.6 is 27.3 Å². The van der Waals surface area contributed by atoms with E-state index in [9.17, 15) is 4.79 Å². The molecule has 0 aromatic carbocycles. The van der Waals surface area contributed by atoms with Gasteiger partial charge >= 0.3 is 0 Å². The molecule has 1 atom stereocenters. The molecule has 1 unspecified atom stereocenters. The molecule has 0 bridgehead atoms. The van der Waals surface area contributed by atoms with Gasteiger partial charge in [0, 0.05) is 27.3 Å². The molecule has 0 radical (unpaired) electrons. The SMILES string of the molecule is Cc1noc(C)c1C(C)C(=O)N(C)Cc1cc(Br)cs1. The van der Waals surface area contributed by atoms with E-state index in [2.05, 4.69) is 21.1 Å². The molecule has 0 spiro atoms. The van der Waals surface area contributed by atoms with Gasteiger partial charge in [0.05, 0.1) is 18.2 Å². The second-order valence-corrected chi connectivity index (χ2v) is 6.80. The molecule has 6 heteroatoms. The highest BCUT2D eigenvalue weighted by Gasteiger charge is 2.25. The Balaban J connectivity index is 2.10. The highest BCUT2D eigenvalue weighted by Crippen LogP contribution is 2.26. The molecular formula is C14H17BrN2O2S. The Morgan fingerprint density at radius 3 is 2.75 bits per heavy atom. The average Bonchev–Trinajstić information content (AvgIpc) is 2.94. The number of carbonyl (C=O) groups is 1. The maximum atomic E-state index is 12.5. The van der Waals surface area contributed by atoms with Gasteiger partial charge in [-0.25, -0.2) is 0 Å². The van der Waals surface area contributed by atoms with E-state index in [1.807, 2.05) is 39.3 Å². The number of carbonyl (C=O) groups excluding carboxylic acids is 1.